The molecule has 0 radical (unpaired) electrons. The van der Waals surface area contributed by atoms with Gasteiger partial charge in [-0.15, -0.1) is 0 Å². The van der Waals surface area contributed by atoms with Crippen molar-refractivity contribution in [3.05, 3.63) is 40.8 Å². The zero-order valence-electron chi connectivity index (χ0n) is 12.7. The predicted octanol–water partition coefficient (Wildman–Crippen LogP) is 2.96. The van der Waals surface area contributed by atoms with E-state index in [9.17, 15) is 0 Å². The average molecular weight is 270 g/mol. The van der Waals surface area contributed by atoms with E-state index in [1.807, 2.05) is 32.9 Å². The lowest BCUT2D eigenvalue weighted by atomic mass is 10.1. The van der Waals surface area contributed by atoms with Crippen LogP contribution in [0.1, 0.15) is 35.9 Å². The Labute approximate surface area is 120 Å². The first-order valence-electron chi connectivity index (χ1n) is 7.10. The lowest BCUT2D eigenvalue weighted by Gasteiger charge is -2.12. The first-order valence-corrected chi connectivity index (χ1v) is 7.10. The van der Waals surface area contributed by atoms with Gasteiger partial charge in [0.2, 0.25) is 0 Å². The zero-order valence-corrected chi connectivity index (χ0v) is 12.7. The molecule has 2 rings (SSSR count). The van der Waals surface area contributed by atoms with Gasteiger partial charge in [-0.25, -0.2) is 9.97 Å². The van der Waals surface area contributed by atoms with Crippen LogP contribution in [0.15, 0.2) is 18.3 Å². The Morgan fingerprint density at radius 3 is 2.40 bits per heavy atom. The molecular weight excluding hydrogens is 248 g/mol. The molecule has 4 nitrogen and oxygen atoms in total. The maximum atomic E-state index is 4.63. The second kappa shape index (κ2) is 6.57. The van der Waals surface area contributed by atoms with Gasteiger partial charge in [0.25, 0.3) is 0 Å². The van der Waals surface area contributed by atoms with Gasteiger partial charge < -0.3 is 5.32 Å². The molecule has 2 aromatic rings. The Morgan fingerprint density at radius 2 is 1.80 bits per heavy atom. The highest BCUT2D eigenvalue weighted by molar-refractivity contribution is 5.55. The summed E-state index contributed by atoms with van der Waals surface area (Å²) < 4.78 is 0. The largest absolute Gasteiger partial charge is 0.313 e. The third kappa shape index (κ3) is 3.20. The molecule has 20 heavy (non-hydrogen) atoms. The first kappa shape index (κ1) is 14.6. The van der Waals surface area contributed by atoms with Crippen molar-refractivity contribution in [2.24, 2.45) is 0 Å². The van der Waals surface area contributed by atoms with Crippen LogP contribution >= 0.6 is 0 Å². The number of nitrogens with one attached hydrogen (secondary N) is 1. The van der Waals surface area contributed by atoms with Gasteiger partial charge in [-0.1, -0.05) is 13.0 Å². The highest BCUT2D eigenvalue weighted by Gasteiger charge is 2.11. The van der Waals surface area contributed by atoms with Crippen molar-refractivity contribution in [1.29, 1.82) is 0 Å². The summed E-state index contributed by atoms with van der Waals surface area (Å²) in [5.74, 6) is 0.720. The van der Waals surface area contributed by atoms with E-state index in [0.717, 1.165) is 48.0 Å². The van der Waals surface area contributed by atoms with Gasteiger partial charge in [0.15, 0.2) is 5.82 Å². The smallest absolute Gasteiger partial charge is 0.178 e. The van der Waals surface area contributed by atoms with Crippen molar-refractivity contribution in [1.82, 2.24) is 20.3 Å². The summed E-state index contributed by atoms with van der Waals surface area (Å²) in [6.07, 6.45) is 2.91. The van der Waals surface area contributed by atoms with Gasteiger partial charge in [0.1, 0.15) is 5.69 Å². The summed E-state index contributed by atoms with van der Waals surface area (Å²) in [6, 6.07) is 3.97. The fourth-order valence-electron chi connectivity index (χ4n) is 2.21. The van der Waals surface area contributed by atoms with E-state index in [1.165, 1.54) is 5.56 Å². The highest BCUT2D eigenvalue weighted by Crippen LogP contribution is 2.19. The minimum atomic E-state index is 0.720. The average Bonchev–Trinajstić information content (AvgIpc) is 2.42. The maximum absolute atomic E-state index is 4.63. The molecule has 0 atom stereocenters. The molecule has 0 bridgehead atoms. The van der Waals surface area contributed by atoms with Crippen LogP contribution in [-0.4, -0.2) is 21.5 Å². The van der Waals surface area contributed by atoms with Crippen LogP contribution in [0.5, 0.6) is 0 Å². The molecular formula is C16H22N4. The number of hydrogen-bond acceptors (Lipinski definition) is 4. The van der Waals surface area contributed by atoms with Gasteiger partial charge in [-0.2, -0.15) is 0 Å². The third-order valence-electron chi connectivity index (χ3n) is 3.37. The van der Waals surface area contributed by atoms with E-state index in [1.54, 1.807) is 6.20 Å². The van der Waals surface area contributed by atoms with E-state index >= 15 is 0 Å². The van der Waals surface area contributed by atoms with E-state index in [2.05, 4.69) is 27.2 Å². The molecule has 0 aliphatic carbocycles. The molecule has 2 aromatic heterocycles. The minimum absolute atomic E-state index is 0.720. The van der Waals surface area contributed by atoms with Crippen molar-refractivity contribution >= 4 is 0 Å². The molecule has 2 heterocycles. The summed E-state index contributed by atoms with van der Waals surface area (Å²) in [4.78, 5) is 13.7. The molecule has 4 heteroatoms. The lowest BCUT2D eigenvalue weighted by Crippen LogP contribution is -2.17. The standard InChI is InChI=1S/C16H22N4/c1-5-8-17-10-14-12(3)19-16(20-13(14)4)15-11(2)7-6-9-18-15/h6-7,9,17H,5,8,10H2,1-4H3. The molecule has 0 saturated carbocycles. The minimum Gasteiger partial charge on any atom is -0.313 e. The van der Waals surface area contributed by atoms with Gasteiger partial charge in [0.05, 0.1) is 0 Å². The van der Waals surface area contributed by atoms with E-state index in [-0.39, 0.29) is 0 Å². The van der Waals surface area contributed by atoms with Gasteiger partial charge in [-0.3, -0.25) is 4.98 Å². The highest BCUT2D eigenvalue weighted by atomic mass is 14.9. The molecule has 106 valence electrons. The number of aryl methyl sites for hydroxylation is 3. The van der Waals surface area contributed by atoms with Crippen LogP contribution in [0.25, 0.3) is 11.5 Å². The van der Waals surface area contributed by atoms with Crippen LogP contribution < -0.4 is 5.32 Å². The van der Waals surface area contributed by atoms with E-state index in [0.29, 0.717) is 0 Å². The number of rotatable bonds is 5. The molecule has 0 aromatic carbocycles. The summed E-state index contributed by atoms with van der Waals surface area (Å²) >= 11 is 0. The predicted molar refractivity (Wildman–Crippen MR) is 81.5 cm³/mol. The van der Waals surface area contributed by atoms with Crippen LogP contribution in [0.3, 0.4) is 0 Å². The SMILES string of the molecule is CCCNCc1c(C)nc(-c2ncccc2C)nc1C. The monoisotopic (exact) mass is 270 g/mol. The molecule has 0 aliphatic rings. The zero-order chi connectivity index (χ0) is 14.5. The van der Waals surface area contributed by atoms with Crippen molar-refractivity contribution in [2.45, 2.75) is 40.7 Å². The fourth-order valence-corrected chi connectivity index (χ4v) is 2.21. The van der Waals surface area contributed by atoms with Crippen LogP contribution in [0.2, 0.25) is 0 Å². The number of aromatic nitrogens is 3. The molecule has 0 unspecified atom stereocenters. The van der Waals surface area contributed by atoms with Crippen molar-refractivity contribution < 1.29 is 0 Å². The van der Waals surface area contributed by atoms with Gasteiger partial charge >= 0.3 is 0 Å². The Balaban J connectivity index is 2.33. The Hall–Kier alpha value is -1.81. The summed E-state index contributed by atoms with van der Waals surface area (Å²) in [7, 11) is 0. The third-order valence-corrected chi connectivity index (χ3v) is 3.37. The molecule has 0 saturated heterocycles. The number of hydrogen-bond donors (Lipinski definition) is 1. The van der Waals surface area contributed by atoms with Gasteiger partial charge in [-0.05, 0) is 45.4 Å². The first-order chi connectivity index (χ1) is 9.63. The Bertz CT molecular complexity index is 570. The van der Waals surface area contributed by atoms with Crippen molar-refractivity contribution in [3.8, 4) is 11.5 Å². The van der Waals surface area contributed by atoms with Crippen LogP contribution in [-0.2, 0) is 6.54 Å². The molecule has 0 amide bonds. The maximum Gasteiger partial charge on any atom is 0.178 e. The van der Waals surface area contributed by atoms with E-state index < -0.39 is 0 Å². The molecule has 0 aliphatic heterocycles. The normalized spacial score (nSPS) is 10.8. The van der Waals surface area contributed by atoms with E-state index in [4.69, 9.17) is 0 Å². The molecule has 1 N–H and O–H groups in total. The number of pyridine rings is 1. The Kier molecular flexibility index (Phi) is 4.79. The second-order valence-electron chi connectivity index (χ2n) is 5.04. The number of nitrogens with zero attached hydrogens (tertiary/aromatic N) is 3. The second-order valence-corrected chi connectivity index (χ2v) is 5.04. The molecule has 0 spiro atoms. The molecule has 0 fully saturated rings. The summed E-state index contributed by atoms with van der Waals surface area (Å²) in [5, 5.41) is 3.41. The fraction of sp³-hybridized carbons (Fsp3) is 0.438. The topological polar surface area (TPSA) is 50.7 Å². The van der Waals surface area contributed by atoms with Crippen molar-refractivity contribution in [3.63, 3.8) is 0 Å². The van der Waals surface area contributed by atoms with Crippen molar-refractivity contribution in [2.75, 3.05) is 6.54 Å². The summed E-state index contributed by atoms with van der Waals surface area (Å²) in [5.41, 5.74) is 5.22. The summed E-state index contributed by atoms with van der Waals surface area (Å²) in [6.45, 7) is 10.1. The lowest BCUT2D eigenvalue weighted by molar-refractivity contribution is 0.665. The van der Waals surface area contributed by atoms with Crippen LogP contribution in [0, 0.1) is 20.8 Å². The van der Waals surface area contributed by atoms with Gasteiger partial charge in [0, 0.05) is 29.7 Å². The Morgan fingerprint density at radius 1 is 1.10 bits per heavy atom. The quantitative estimate of drug-likeness (QED) is 0.849. The van der Waals surface area contributed by atoms with Crippen LogP contribution in [0.4, 0.5) is 0 Å².